The molecule has 2 nitrogen and oxygen atoms in total. The van der Waals surface area contributed by atoms with Crippen LogP contribution in [0.2, 0.25) is 5.02 Å². The van der Waals surface area contributed by atoms with Gasteiger partial charge in [-0.3, -0.25) is 0 Å². The van der Waals surface area contributed by atoms with Gasteiger partial charge in [0, 0.05) is 27.0 Å². The number of anilines is 1. The van der Waals surface area contributed by atoms with E-state index in [0.717, 1.165) is 21.7 Å². The molecule has 0 bridgehead atoms. The second kappa shape index (κ2) is 5.54. The minimum atomic E-state index is 0.640. The lowest BCUT2D eigenvalue weighted by Gasteiger charge is -2.07. The Balaban J connectivity index is 2.07. The van der Waals surface area contributed by atoms with Crippen molar-refractivity contribution in [2.75, 3.05) is 5.32 Å². The Morgan fingerprint density at radius 2 is 2.24 bits per heavy atom. The standard InChI is InChI=1S/C12H8BrClN2S/c13-11-3-8(5-15)1-2-12(11)16-6-10-4-9(14)7-17-10/h1-4,7,16H,6H2. The minimum absolute atomic E-state index is 0.640. The van der Waals surface area contributed by atoms with Crippen LogP contribution < -0.4 is 5.32 Å². The molecular formula is C12H8BrClN2S. The van der Waals surface area contributed by atoms with E-state index in [1.54, 1.807) is 23.5 Å². The monoisotopic (exact) mass is 326 g/mol. The quantitative estimate of drug-likeness (QED) is 0.891. The molecule has 1 aromatic carbocycles. The van der Waals surface area contributed by atoms with Gasteiger partial charge >= 0.3 is 0 Å². The van der Waals surface area contributed by atoms with Gasteiger partial charge in [0.25, 0.3) is 0 Å². The van der Waals surface area contributed by atoms with Crippen molar-refractivity contribution in [3.63, 3.8) is 0 Å². The maximum atomic E-state index is 8.76. The third-order valence-corrected chi connectivity index (χ3v) is 4.11. The lowest BCUT2D eigenvalue weighted by molar-refractivity contribution is 1.19. The van der Waals surface area contributed by atoms with E-state index >= 15 is 0 Å². The number of rotatable bonds is 3. The average Bonchev–Trinajstić information content (AvgIpc) is 2.73. The van der Waals surface area contributed by atoms with Gasteiger partial charge < -0.3 is 5.32 Å². The molecule has 5 heteroatoms. The molecule has 0 radical (unpaired) electrons. The molecule has 2 aromatic rings. The second-order valence-electron chi connectivity index (χ2n) is 3.39. The van der Waals surface area contributed by atoms with E-state index < -0.39 is 0 Å². The number of nitrogens with one attached hydrogen (secondary N) is 1. The van der Waals surface area contributed by atoms with Gasteiger partial charge in [0.05, 0.1) is 16.7 Å². The smallest absolute Gasteiger partial charge is 0.0992 e. The zero-order valence-corrected chi connectivity index (χ0v) is 11.9. The highest BCUT2D eigenvalue weighted by molar-refractivity contribution is 9.10. The molecule has 0 aliphatic rings. The molecule has 1 N–H and O–H groups in total. The number of hydrogen-bond acceptors (Lipinski definition) is 3. The number of benzene rings is 1. The summed E-state index contributed by atoms with van der Waals surface area (Å²) in [6, 6.07) is 9.51. The van der Waals surface area contributed by atoms with Crippen LogP contribution in [-0.4, -0.2) is 0 Å². The Hall–Kier alpha value is -1.02. The zero-order valence-electron chi connectivity index (χ0n) is 8.71. The predicted molar refractivity (Wildman–Crippen MR) is 75.5 cm³/mol. The molecular weight excluding hydrogens is 320 g/mol. The molecule has 0 unspecified atom stereocenters. The summed E-state index contributed by atoms with van der Waals surface area (Å²) < 4.78 is 0.888. The fraction of sp³-hybridized carbons (Fsp3) is 0.0833. The molecule has 0 aliphatic heterocycles. The molecule has 0 atom stereocenters. The first-order chi connectivity index (χ1) is 8.19. The molecule has 0 amide bonds. The number of nitrogens with zero attached hydrogens (tertiary/aromatic N) is 1. The van der Waals surface area contributed by atoms with Crippen LogP contribution in [0.5, 0.6) is 0 Å². The van der Waals surface area contributed by atoms with Crippen LogP contribution >= 0.6 is 38.9 Å². The average molecular weight is 328 g/mol. The summed E-state index contributed by atoms with van der Waals surface area (Å²) in [5.74, 6) is 0. The van der Waals surface area contributed by atoms with Gasteiger partial charge in [-0.2, -0.15) is 5.26 Å². The summed E-state index contributed by atoms with van der Waals surface area (Å²) >= 11 is 10.9. The van der Waals surface area contributed by atoms with E-state index in [1.165, 1.54) is 4.88 Å². The van der Waals surface area contributed by atoms with Crippen molar-refractivity contribution < 1.29 is 0 Å². The Morgan fingerprint density at radius 1 is 1.41 bits per heavy atom. The fourth-order valence-electron chi connectivity index (χ4n) is 1.36. The molecule has 86 valence electrons. The number of hydrogen-bond donors (Lipinski definition) is 1. The molecule has 0 saturated heterocycles. The van der Waals surface area contributed by atoms with Gasteiger partial charge in [0.15, 0.2) is 0 Å². The fourth-order valence-corrected chi connectivity index (χ4v) is 2.89. The Morgan fingerprint density at radius 3 is 2.82 bits per heavy atom. The van der Waals surface area contributed by atoms with E-state index in [9.17, 15) is 0 Å². The minimum Gasteiger partial charge on any atom is -0.379 e. The maximum absolute atomic E-state index is 8.76. The van der Waals surface area contributed by atoms with Crippen LogP contribution in [0.4, 0.5) is 5.69 Å². The van der Waals surface area contributed by atoms with E-state index in [4.69, 9.17) is 16.9 Å². The van der Waals surface area contributed by atoms with Crippen LogP contribution in [0.1, 0.15) is 10.4 Å². The van der Waals surface area contributed by atoms with Crippen molar-refractivity contribution in [1.82, 2.24) is 0 Å². The van der Waals surface area contributed by atoms with Crippen LogP contribution in [0.15, 0.2) is 34.1 Å². The number of thiophene rings is 1. The second-order valence-corrected chi connectivity index (χ2v) is 5.68. The molecule has 0 spiro atoms. The molecule has 0 fully saturated rings. The highest BCUT2D eigenvalue weighted by Crippen LogP contribution is 2.25. The topological polar surface area (TPSA) is 35.8 Å². The predicted octanol–water partition coefficient (Wildman–Crippen LogP) is 4.65. The number of nitriles is 1. The first-order valence-electron chi connectivity index (χ1n) is 4.85. The summed E-state index contributed by atoms with van der Waals surface area (Å²) in [6.45, 7) is 0.724. The van der Waals surface area contributed by atoms with Crippen molar-refractivity contribution in [1.29, 1.82) is 5.26 Å². The Bertz CT molecular complexity index is 574. The zero-order chi connectivity index (χ0) is 12.3. The lowest BCUT2D eigenvalue weighted by atomic mass is 10.2. The molecule has 2 rings (SSSR count). The van der Waals surface area contributed by atoms with Crippen molar-refractivity contribution in [3.8, 4) is 6.07 Å². The van der Waals surface area contributed by atoms with Crippen LogP contribution in [0, 0.1) is 11.3 Å². The lowest BCUT2D eigenvalue weighted by Crippen LogP contribution is -1.98. The molecule has 0 aliphatic carbocycles. The van der Waals surface area contributed by atoms with Crippen molar-refractivity contribution in [2.45, 2.75) is 6.54 Å². The normalized spacial score (nSPS) is 9.94. The largest absolute Gasteiger partial charge is 0.379 e. The van der Waals surface area contributed by atoms with E-state index in [-0.39, 0.29) is 0 Å². The van der Waals surface area contributed by atoms with Gasteiger partial charge in [0.1, 0.15) is 0 Å². The van der Waals surface area contributed by atoms with Gasteiger partial charge in [-0.1, -0.05) is 11.6 Å². The summed E-state index contributed by atoms with van der Waals surface area (Å²) in [5.41, 5.74) is 1.61. The third kappa shape index (κ3) is 3.22. The van der Waals surface area contributed by atoms with Crippen LogP contribution in [0.25, 0.3) is 0 Å². The summed E-state index contributed by atoms with van der Waals surface area (Å²) in [5, 5.41) is 14.7. The molecule has 0 saturated carbocycles. The number of halogens is 2. The Kier molecular flexibility index (Phi) is 4.06. The molecule has 1 aromatic heterocycles. The SMILES string of the molecule is N#Cc1ccc(NCc2cc(Cl)cs2)c(Br)c1. The highest BCUT2D eigenvalue weighted by atomic mass is 79.9. The van der Waals surface area contributed by atoms with Crippen molar-refractivity contribution in [2.24, 2.45) is 0 Å². The molecule has 17 heavy (non-hydrogen) atoms. The van der Waals surface area contributed by atoms with E-state index in [0.29, 0.717) is 5.56 Å². The maximum Gasteiger partial charge on any atom is 0.0992 e. The summed E-state index contributed by atoms with van der Waals surface area (Å²) in [6.07, 6.45) is 0. The van der Waals surface area contributed by atoms with Gasteiger partial charge in [-0.05, 0) is 40.2 Å². The van der Waals surface area contributed by atoms with Gasteiger partial charge in [0.2, 0.25) is 0 Å². The highest BCUT2D eigenvalue weighted by Gasteiger charge is 2.02. The molecule has 1 heterocycles. The summed E-state index contributed by atoms with van der Waals surface area (Å²) in [7, 11) is 0. The Labute approximate surface area is 117 Å². The first kappa shape index (κ1) is 12.4. The van der Waals surface area contributed by atoms with Crippen LogP contribution in [0.3, 0.4) is 0 Å². The van der Waals surface area contributed by atoms with Gasteiger partial charge in [-0.25, -0.2) is 0 Å². The van der Waals surface area contributed by atoms with Gasteiger partial charge in [-0.15, -0.1) is 11.3 Å². The third-order valence-electron chi connectivity index (χ3n) is 2.17. The first-order valence-corrected chi connectivity index (χ1v) is 6.90. The summed E-state index contributed by atoms with van der Waals surface area (Å²) in [4.78, 5) is 1.17. The van der Waals surface area contributed by atoms with Crippen LogP contribution in [-0.2, 0) is 6.54 Å². The van der Waals surface area contributed by atoms with Crippen molar-refractivity contribution >= 4 is 44.6 Å². The van der Waals surface area contributed by atoms with Crippen molar-refractivity contribution in [3.05, 3.63) is 49.6 Å². The van der Waals surface area contributed by atoms with E-state index in [2.05, 4.69) is 27.3 Å². The van der Waals surface area contributed by atoms with E-state index in [1.807, 2.05) is 17.5 Å².